The Hall–Kier alpha value is -0.790. The Morgan fingerprint density at radius 2 is 2.33 bits per heavy atom. The van der Waals surface area contributed by atoms with Crippen LogP contribution in [0.4, 0.5) is 4.39 Å². The molecule has 0 aliphatic carbocycles. The van der Waals surface area contributed by atoms with E-state index < -0.39 is 16.9 Å². The number of halogens is 2. The molecule has 1 aromatic heterocycles. The normalized spacial score (nSPS) is 13.3. The first-order valence-electron chi connectivity index (χ1n) is 3.94. The van der Waals surface area contributed by atoms with Crippen molar-refractivity contribution in [1.82, 2.24) is 9.97 Å². The van der Waals surface area contributed by atoms with E-state index in [4.69, 9.17) is 0 Å². The zero-order valence-electron chi connectivity index (χ0n) is 7.51. The van der Waals surface area contributed by atoms with Crippen molar-refractivity contribution in [1.29, 1.82) is 0 Å². The minimum absolute atomic E-state index is 0.0201. The molecule has 4 nitrogen and oxygen atoms in total. The number of nitrogens with one attached hydrogen (secondary N) is 1. The molecule has 15 heavy (non-hydrogen) atoms. The van der Waals surface area contributed by atoms with Gasteiger partial charge in [0.25, 0.3) is 0 Å². The number of hydrogen-bond acceptors (Lipinski definition) is 3. The molecule has 1 heterocycles. The van der Waals surface area contributed by atoms with Crippen LogP contribution in [0.3, 0.4) is 0 Å². The number of imidazole rings is 1. The molecule has 0 amide bonds. The van der Waals surface area contributed by atoms with Gasteiger partial charge < -0.3 is 9.54 Å². The summed E-state index contributed by atoms with van der Waals surface area (Å²) in [5.41, 5.74) is 1.05. The highest BCUT2D eigenvalue weighted by atomic mass is 79.9. The van der Waals surface area contributed by atoms with Crippen LogP contribution in [0.5, 0.6) is 0 Å². The fourth-order valence-electron chi connectivity index (χ4n) is 1.28. The predicted molar refractivity (Wildman–Crippen MR) is 55.7 cm³/mol. The fraction of sp³-hybridized carbons (Fsp3) is 0.125. The van der Waals surface area contributed by atoms with E-state index in [0.717, 1.165) is 0 Å². The summed E-state index contributed by atoms with van der Waals surface area (Å²) in [4.78, 5) is 6.17. The highest BCUT2D eigenvalue weighted by Crippen LogP contribution is 2.28. The predicted octanol–water partition coefficient (Wildman–Crippen LogP) is 2.01. The smallest absolute Gasteiger partial charge is 0.183 e. The molecule has 1 atom stereocenters. The molecule has 80 valence electrons. The third kappa shape index (κ3) is 1.70. The van der Waals surface area contributed by atoms with Gasteiger partial charge in [-0.2, -0.15) is 0 Å². The molecule has 0 spiro atoms. The molecule has 0 bridgehead atoms. The summed E-state index contributed by atoms with van der Waals surface area (Å²) >= 11 is 0.750. The van der Waals surface area contributed by atoms with Gasteiger partial charge in [-0.25, -0.2) is 9.37 Å². The van der Waals surface area contributed by atoms with E-state index in [0.29, 0.717) is 15.6 Å². The number of benzene rings is 1. The first kappa shape index (κ1) is 10.7. The highest BCUT2D eigenvalue weighted by Gasteiger charge is 2.13. The Bertz CT molecular complexity index is 569. The molecule has 1 N–H and O–H groups in total. The van der Waals surface area contributed by atoms with Gasteiger partial charge in [0.15, 0.2) is 11.0 Å². The maximum absolute atomic E-state index is 13.4. The van der Waals surface area contributed by atoms with Crippen LogP contribution in [0.25, 0.3) is 11.0 Å². The van der Waals surface area contributed by atoms with Gasteiger partial charge in [-0.1, -0.05) is 0 Å². The van der Waals surface area contributed by atoms with Gasteiger partial charge in [0.05, 0.1) is 5.52 Å². The molecule has 0 aliphatic heterocycles. The monoisotopic (exact) mass is 291 g/mol. The summed E-state index contributed by atoms with van der Waals surface area (Å²) in [6, 6.07) is 1.30. The first-order valence-corrected chi connectivity index (χ1v) is 5.81. The van der Waals surface area contributed by atoms with Crippen LogP contribution < -0.4 is 0 Å². The van der Waals surface area contributed by atoms with Gasteiger partial charge in [0.2, 0.25) is 0 Å². The Morgan fingerprint density at radius 1 is 1.67 bits per heavy atom. The molecule has 2 aromatic rings. The van der Waals surface area contributed by atoms with Crippen molar-refractivity contribution in [3.63, 3.8) is 0 Å². The van der Waals surface area contributed by atoms with E-state index in [-0.39, 0.29) is 10.7 Å². The van der Waals surface area contributed by atoms with Crippen LogP contribution in [-0.2, 0) is 11.1 Å². The lowest BCUT2D eigenvalue weighted by atomic mass is 10.2. The molecule has 7 heteroatoms. The summed E-state index contributed by atoms with van der Waals surface area (Å²) in [6.07, 6.45) is 0. The zero-order chi connectivity index (χ0) is 11.2. The van der Waals surface area contributed by atoms with Crippen molar-refractivity contribution in [3.05, 3.63) is 21.9 Å². The lowest BCUT2D eigenvalue weighted by Gasteiger charge is -1.99. The van der Waals surface area contributed by atoms with Crippen molar-refractivity contribution in [2.24, 2.45) is 0 Å². The van der Waals surface area contributed by atoms with Crippen molar-refractivity contribution in [2.45, 2.75) is 12.1 Å². The summed E-state index contributed by atoms with van der Waals surface area (Å²) in [5.74, 6) is -0.543. The Labute approximate surface area is 95.3 Å². The fourth-order valence-corrected chi connectivity index (χ4v) is 2.03. The third-order valence-corrected chi connectivity index (χ3v) is 3.51. The number of aryl methyl sites for hydroxylation is 1. The van der Waals surface area contributed by atoms with Crippen molar-refractivity contribution in [3.8, 4) is 0 Å². The molecule has 0 fully saturated rings. The third-order valence-electron chi connectivity index (χ3n) is 1.98. The van der Waals surface area contributed by atoms with Gasteiger partial charge in [-0.3, -0.25) is 4.21 Å². The Balaban J connectivity index is 2.85. The minimum Gasteiger partial charge on any atom is -0.766 e. The molecule has 0 saturated heterocycles. The maximum Gasteiger partial charge on any atom is 0.183 e. The van der Waals surface area contributed by atoms with E-state index in [1.54, 1.807) is 6.92 Å². The number of aromatic amines is 1. The number of H-pyrrole nitrogens is 1. The average Bonchev–Trinajstić information content (AvgIpc) is 2.59. The van der Waals surface area contributed by atoms with E-state index in [2.05, 4.69) is 25.9 Å². The van der Waals surface area contributed by atoms with Crippen LogP contribution in [0.15, 0.2) is 15.7 Å². The lowest BCUT2D eigenvalue weighted by Crippen LogP contribution is -1.90. The second kappa shape index (κ2) is 3.66. The van der Waals surface area contributed by atoms with E-state index in [9.17, 15) is 13.2 Å². The molecule has 1 aromatic carbocycles. The largest absolute Gasteiger partial charge is 0.766 e. The minimum atomic E-state index is -2.49. The van der Waals surface area contributed by atoms with Gasteiger partial charge in [-0.15, -0.1) is 0 Å². The SMILES string of the molecule is Cc1cc(F)c2nc(S(=O)[O-])[nH]c2c1Br. The molecule has 1 unspecified atom stereocenters. The van der Waals surface area contributed by atoms with E-state index in [1.165, 1.54) is 6.07 Å². The zero-order valence-corrected chi connectivity index (χ0v) is 9.91. The molecule has 0 aliphatic rings. The Morgan fingerprint density at radius 3 is 2.93 bits per heavy atom. The van der Waals surface area contributed by atoms with Crippen LogP contribution in [0.1, 0.15) is 5.56 Å². The van der Waals surface area contributed by atoms with Crippen LogP contribution in [-0.4, -0.2) is 18.7 Å². The standard InChI is InChI=1S/C8H6BrFN2O2S/c1-3-2-4(10)6-7(5(3)9)12-8(11-6)15(13)14/h2H,1H3,(H,11,12)(H,13,14)/p-1. The maximum atomic E-state index is 13.4. The number of nitrogens with zero attached hydrogens (tertiary/aromatic N) is 1. The van der Waals surface area contributed by atoms with Crippen LogP contribution in [0.2, 0.25) is 0 Å². The summed E-state index contributed by atoms with van der Waals surface area (Å²) < 4.78 is 35.3. The number of hydrogen-bond donors (Lipinski definition) is 1. The molecular formula is C8H5BrFN2O2S-. The molecule has 0 radical (unpaired) electrons. The summed E-state index contributed by atoms with van der Waals surface area (Å²) in [7, 11) is 0. The van der Waals surface area contributed by atoms with E-state index >= 15 is 0 Å². The summed E-state index contributed by atoms with van der Waals surface area (Å²) in [5, 5.41) is -0.268. The van der Waals surface area contributed by atoms with Gasteiger partial charge in [-0.05, 0) is 34.5 Å². The average molecular weight is 292 g/mol. The van der Waals surface area contributed by atoms with Crippen molar-refractivity contribution >= 4 is 38.0 Å². The molecule has 2 rings (SSSR count). The molecule has 0 saturated carbocycles. The first-order chi connectivity index (χ1) is 7.00. The quantitative estimate of drug-likeness (QED) is 0.817. The van der Waals surface area contributed by atoms with Crippen molar-refractivity contribution in [2.75, 3.05) is 0 Å². The highest BCUT2D eigenvalue weighted by molar-refractivity contribution is 9.10. The summed E-state index contributed by atoms with van der Waals surface area (Å²) in [6.45, 7) is 1.71. The number of rotatable bonds is 1. The van der Waals surface area contributed by atoms with E-state index in [1.807, 2.05) is 0 Å². The second-order valence-electron chi connectivity index (χ2n) is 2.99. The lowest BCUT2D eigenvalue weighted by molar-refractivity contribution is 0.530. The van der Waals surface area contributed by atoms with Crippen LogP contribution >= 0.6 is 15.9 Å². The van der Waals surface area contributed by atoms with Gasteiger partial charge >= 0.3 is 0 Å². The molecular weight excluding hydrogens is 287 g/mol. The van der Waals surface area contributed by atoms with Crippen molar-refractivity contribution < 1.29 is 13.2 Å². The number of aromatic nitrogens is 2. The number of fused-ring (bicyclic) bond motifs is 1. The van der Waals surface area contributed by atoms with Crippen LogP contribution in [0, 0.1) is 12.7 Å². The topological polar surface area (TPSA) is 68.8 Å². The van der Waals surface area contributed by atoms with Gasteiger partial charge in [0.1, 0.15) is 5.52 Å². The second-order valence-corrected chi connectivity index (χ2v) is 4.64. The van der Waals surface area contributed by atoms with Gasteiger partial charge in [0, 0.05) is 15.6 Å². The Kier molecular flexibility index (Phi) is 2.61.